The Balaban J connectivity index is 1.28. The molecule has 0 spiro atoms. The Labute approximate surface area is 186 Å². The summed E-state index contributed by atoms with van der Waals surface area (Å²) in [5, 5.41) is 13.3. The van der Waals surface area contributed by atoms with Crippen molar-refractivity contribution in [3.8, 4) is 11.3 Å². The van der Waals surface area contributed by atoms with Crippen molar-refractivity contribution in [1.82, 2.24) is 24.9 Å². The van der Waals surface area contributed by atoms with Gasteiger partial charge in [-0.3, -0.25) is 9.59 Å². The van der Waals surface area contributed by atoms with Crippen LogP contribution >= 0.6 is 0 Å². The van der Waals surface area contributed by atoms with Crippen molar-refractivity contribution in [2.75, 3.05) is 31.1 Å². The minimum atomic E-state index is -0.669. The SMILES string of the molecule is CC(C(=O)N1CCN(c2cc3c(nn2)CCC3)CC1)n1nc(-c2ccccc2)ccc1=O. The molecule has 0 N–H and O–H groups in total. The zero-order valence-electron chi connectivity index (χ0n) is 18.1. The lowest BCUT2D eigenvalue weighted by Crippen LogP contribution is -2.51. The molecule has 1 atom stereocenters. The first-order valence-corrected chi connectivity index (χ1v) is 11.1. The Morgan fingerprint density at radius 2 is 1.75 bits per heavy atom. The summed E-state index contributed by atoms with van der Waals surface area (Å²) in [6.45, 7) is 4.28. The van der Waals surface area contributed by atoms with Crippen LogP contribution in [0.1, 0.15) is 30.6 Å². The monoisotopic (exact) mass is 430 g/mol. The summed E-state index contributed by atoms with van der Waals surface area (Å²) in [5.41, 5.74) is 3.71. The summed E-state index contributed by atoms with van der Waals surface area (Å²) in [7, 11) is 0. The molecule has 1 saturated heterocycles. The molecule has 8 heteroatoms. The fourth-order valence-corrected chi connectivity index (χ4v) is 4.46. The van der Waals surface area contributed by atoms with Gasteiger partial charge >= 0.3 is 0 Å². The van der Waals surface area contributed by atoms with Gasteiger partial charge in [0.05, 0.1) is 11.4 Å². The fraction of sp³-hybridized carbons (Fsp3) is 0.375. The fourth-order valence-electron chi connectivity index (χ4n) is 4.46. The van der Waals surface area contributed by atoms with E-state index in [2.05, 4.69) is 26.3 Å². The molecule has 0 radical (unpaired) electrons. The third-order valence-electron chi connectivity index (χ3n) is 6.34. The molecule has 0 saturated carbocycles. The standard InChI is InChI=1S/C24H26N6O2/c1-17(30-23(31)11-10-21(27-30)18-6-3-2-4-7-18)24(32)29-14-12-28(13-15-29)22-16-19-8-5-9-20(19)25-26-22/h2-4,6-7,10-11,16-17H,5,8-9,12-15H2,1H3. The molecule has 164 valence electrons. The summed E-state index contributed by atoms with van der Waals surface area (Å²) >= 11 is 0. The van der Waals surface area contributed by atoms with Gasteiger partial charge in [-0.1, -0.05) is 30.3 Å². The number of hydrogen-bond acceptors (Lipinski definition) is 6. The largest absolute Gasteiger partial charge is 0.352 e. The molecule has 1 aliphatic carbocycles. The topological polar surface area (TPSA) is 84.2 Å². The molecule has 1 amide bonds. The smallest absolute Gasteiger partial charge is 0.267 e. The number of fused-ring (bicyclic) bond motifs is 1. The maximum absolute atomic E-state index is 13.2. The zero-order valence-corrected chi connectivity index (χ0v) is 18.1. The molecule has 1 aliphatic heterocycles. The average molecular weight is 431 g/mol. The van der Waals surface area contributed by atoms with E-state index in [0.29, 0.717) is 31.9 Å². The second kappa shape index (κ2) is 8.53. The van der Waals surface area contributed by atoms with Gasteiger partial charge in [0.15, 0.2) is 5.82 Å². The number of benzene rings is 1. The number of piperazine rings is 1. The summed E-state index contributed by atoms with van der Waals surface area (Å²) in [4.78, 5) is 29.6. The van der Waals surface area contributed by atoms with Crippen molar-refractivity contribution in [2.24, 2.45) is 0 Å². The van der Waals surface area contributed by atoms with E-state index in [1.165, 1.54) is 16.3 Å². The Kier molecular flexibility index (Phi) is 5.43. The van der Waals surface area contributed by atoms with Gasteiger partial charge in [0.2, 0.25) is 5.91 Å². The van der Waals surface area contributed by atoms with Gasteiger partial charge < -0.3 is 9.80 Å². The minimum absolute atomic E-state index is 0.0931. The summed E-state index contributed by atoms with van der Waals surface area (Å²) in [5.74, 6) is 0.795. The second-order valence-corrected chi connectivity index (χ2v) is 8.38. The Hall–Kier alpha value is -3.55. The lowest BCUT2D eigenvalue weighted by Gasteiger charge is -2.36. The molecular weight excluding hydrogens is 404 g/mol. The summed E-state index contributed by atoms with van der Waals surface area (Å²) in [6, 6.07) is 14.3. The van der Waals surface area contributed by atoms with Crippen LogP contribution in [0.25, 0.3) is 11.3 Å². The first kappa shape index (κ1) is 20.4. The van der Waals surface area contributed by atoms with Crippen LogP contribution in [0.4, 0.5) is 5.82 Å². The van der Waals surface area contributed by atoms with Crippen LogP contribution in [0.3, 0.4) is 0 Å². The van der Waals surface area contributed by atoms with E-state index in [1.54, 1.807) is 13.0 Å². The van der Waals surface area contributed by atoms with Gasteiger partial charge in [-0.15, -0.1) is 5.10 Å². The number of anilines is 1. The van der Waals surface area contributed by atoms with E-state index in [0.717, 1.165) is 36.3 Å². The van der Waals surface area contributed by atoms with E-state index < -0.39 is 6.04 Å². The number of amides is 1. The number of nitrogens with zero attached hydrogens (tertiary/aromatic N) is 6. The van der Waals surface area contributed by atoms with E-state index in [1.807, 2.05) is 35.2 Å². The third kappa shape index (κ3) is 3.88. The predicted octanol–water partition coefficient (Wildman–Crippen LogP) is 2.10. The highest BCUT2D eigenvalue weighted by molar-refractivity contribution is 5.80. The van der Waals surface area contributed by atoms with Crippen molar-refractivity contribution in [2.45, 2.75) is 32.2 Å². The molecule has 1 aromatic carbocycles. The highest BCUT2D eigenvalue weighted by atomic mass is 16.2. The maximum atomic E-state index is 13.2. The normalized spacial score (nSPS) is 16.7. The van der Waals surface area contributed by atoms with Gasteiger partial charge in [0, 0.05) is 37.8 Å². The van der Waals surface area contributed by atoms with Crippen molar-refractivity contribution in [3.63, 3.8) is 0 Å². The van der Waals surface area contributed by atoms with Gasteiger partial charge in [0.25, 0.3) is 5.56 Å². The van der Waals surface area contributed by atoms with Crippen molar-refractivity contribution in [3.05, 3.63) is 70.1 Å². The first-order chi connectivity index (χ1) is 15.6. The molecule has 5 rings (SSSR count). The Morgan fingerprint density at radius 1 is 0.969 bits per heavy atom. The van der Waals surface area contributed by atoms with Gasteiger partial charge in [-0.25, -0.2) is 4.68 Å². The van der Waals surface area contributed by atoms with Crippen LogP contribution in [0.5, 0.6) is 0 Å². The Morgan fingerprint density at radius 3 is 2.53 bits per heavy atom. The van der Waals surface area contributed by atoms with Gasteiger partial charge in [-0.2, -0.15) is 10.2 Å². The second-order valence-electron chi connectivity index (χ2n) is 8.38. The van der Waals surface area contributed by atoms with Crippen LogP contribution in [0.15, 0.2) is 53.3 Å². The summed E-state index contributed by atoms with van der Waals surface area (Å²) in [6.07, 6.45) is 3.23. The molecule has 3 aromatic rings. The van der Waals surface area contributed by atoms with Crippen LogP contribution in [-0.4, -0.2) is 57.0 Å². The van der Waals surface area contributed by atoms with Crippen LogP contribution < -0.4 is 10.5 Å². The van der Waals surface area contributed by atoms with Gasteiger partial charge in [-0.05, 0) is 43.9 Å². The van der Waals surface area contributed by atoms with E-state index in [9.17, 15) is 9.59 Å². The lowest BCUT2D eigenvalue weighted by atomic mass is 10.1. The lowest BCUT2D eigenvalue weighted by molar-refractivity contribution is -0.135. The molecule has 3 heterocycles. The summed E-state index contributed by atoms with van der Waals surface area (Å²) < 4.78 is 1.29. The number of aryl methyl sites for hydroxylation is 2. The number of rotatable bonds is 4. The molecular formula is C24H26N6O2. The molecule has 1 unspecified atom stereocenters. The van der Waals surface area contributed by atoms with Gasteiger partial charge in [0.1, 0.15) is 6.04 Å². The van der Waals surface area contributed by atoms with E-state index in [-0.39, 0.29) is 11.5 Å². The van der Waals surface area contributed by atoms with E-state index >= 15 is 0 Å². The quantitative estimate of drug-likeness (QED) is 0.630. The third-order valence-corrected chi connectivity index (χ3v) is 6.34. The highest BCUT2D eigenvalue weighted by Gasteiger charge is 2.28. The molecule has 8 nitrogen and oxygen atoms in total. The molecule has 2 aliphatic rings. The molecule has 2 aromatic heterocycles. The maximum Gasteiger partial charge on any atom is 0.267 e. The first-order valence-electron chi connectivity index (χ1n) is 11.1. The van der Waals surface area contributed by atoms with Crippen molar-refractivity contribution < 1.29 is 4.79 Å². The zero-order chi connectivity index (χ0) is 22.1. The van der Waals surface area contributed by atoms with Crippen LogP contribution in [0, 0.1) is 0 Å². The van der Waals surface area contributed by atoms with Crippen molar-refractivity contribution >= 4 is 11.7 Å². The van der Waals surface area contributed by atoms with Crippen molar-refractivity contribution in [1.29, 1.82) is 0 Å². The van der Waals surface area contributed by atoms with Crippen LogP contribution in [0.2, 0.25) is 0 Å². The van der Waals surface area contributed by atoms with Crippen LogP contribution in [-0.2, 0) is 17.6 Å². The average Bonchev–Trinajstić information content (AvgIpc) is 3.32. The molecule has 0 bridgehead atoms. The number of aromatic nitrogens is 4. The number of carbonyl (C=O) groups is 1. The predicted molar refractivity (Wildman–Crippen MR) is 121 cm³/mol. The number of hydrogen-bond donors (Lipinski definition) is 0. The molecule has 1 fully saturated rings. The Bertz CT molecular complexity index is 1180. The molecule has 32 heavy (non-hydrogen) atoms. The highest BCUT2D eigenvalue weighted by Crippen LogP contribution is 2.24. The van der Waals surface area contributed by atoms with E-state index in [4.69, 9.17) is 0 Å². The minimum Gasteiger partial charge on any atom is -0.352 e. The number of carbonyl (C=O) groups excluding carboxylic acids is 1.